The number of nitrogens with zero attached hydrogens (tertiary/aromatic N) is 1. The molecule has 5 heteroatoms. The Labute approximate surface area is 117 Å². The van der Waals surface area contributed by atoms with E-state index in [0.29, 0.717) is 6.42 Å². The van der Waals surface area contributed by atoms with Crippen molar-refractivity contribution in [1.29, 1.82) is 0 Å². The van der Waals surface area contributed by atoms with E-state index in [9.17, 15) is 4.79 Å². The van der Waals surface area contributed by atoms with Gasteiger partial charge < -0.3 is 20.1 Å². The molecule has 2 N–H and O–H groups in total. The molecule has 0 rings (SSSR count). The van der Waals surface area contributed by atoms with Gasteiger partial charge in [0.1, 0.15) is 5.54 Å². The van der Waals surface area contributed by atoms with Crippen molar-refractivity contribution < 1.29 is 14.6 Å². The van der Waals surface area contributed by atoms with Crippen molar-refractivity contribution in [3.05, 3.63) is 0 Å². The van der Waals surface area contributed by atoms with Gasteiger partial charge in [-0.1, -0.05) is 0 Å². The summed E-state index contributed by atoms with van der Waals surface area (Å²) in [4.78, 5) is 13.3. The highest BCUT2D eigenvalue weighted by Gasteiger charge is 2.29. The summed E-state index contributed by atoms with van der Waals surface area (Å²) in [5, 5.41) is 12.0. The zero-order chi connectivity index (χ0) is 14.9. The van der Waals surface area contributed by atoms with Gasteiger partial charge in [-0.15, -0.1) is 0 Å². The number of aliphatic carboxylic acids is 1. The minimum absolute atomic E-state index is 0.278. The number of carbonyl (C=O) groups is 1. The molecule has 1 unspecified atom stereocenters. The third-order valence-corrected chi connectivity index (χ3v) is 3.41. The first kappa shape index (κ1) is 18.4. The number of rotatable bonds is 11. The standard InChI is InChI=1S/C14H30N2O3/c1-12(2)19-11-10-16(5)9-7-6-8-14(3,15-4)13(17)18/h12,15H,6-11H2,1-5H3,(H,17,18). The fraction of sp³-hybridized carbons (Fsp3) is 0.929. The van der Waals surface area contributed by atoms with E-state index in [-0.39, 0.29) is 6.10 Å². The Balaban J connectivity index is 3.70. The summed E-state index contributed by atoms with van der Waals surface area (Å²) >= 11 is 0. The second kappa shape index (κ2) is 9.28. The Morgan fingerprint density at radius 3 is 2.47 bits per heavy atom. The fourth-order valence-electron chi connectivity index (χ4n) is 1.76. The number of likely N-dealkylation sites (N-methyl/N-ethyl adjacent to an activating group) is 2. The Kier molecular flexibility index (Phi) is 8.97. The monoisotopic (exact) mass is 274 g/mol. The van der Waals surface area contributed by atoms with E-state index in [1.807, 2.05) is 13.8 Å². The Morgan fingerprint density at radius 1 is 1.37 bits per heavy atom. The molecule has 0 saturated heterocycles. The SMILES string of the molecule is CNC(C)(CCCCN(C)CCOC(C)C)C(=O)O. The first-order valence-electron chi connectivity index (χ1n) is 7.04. The molecule has 0 aromatic heterocycles. The molecule has 0 aliphatic heterocycles. The first-order chi connectivity index (χ1) is 8.81. The summed E-state index contributed by atoms with van der Waals surface area (Å²) in [5.41, 5.74) is -0.806. The normalized spacial score (nSPS) is 14.9. The van der Waals surface area contributed by atoms with Gasteiger partial charge in [0.25, 0.3) is 0 Å². The summed E-state index contributed by atoms with van der Waals surface area (Å²) in [6, 6.07) is 0. The fourth-order valence-corrected chi connectivity index (χ4v) is 1.76. The lowest BCUT2D eigenvalue weighted by molar-refractivity contribution is -0.144. The van der Waals surface area contributed by atoms with E-state index in [4.69, 9.17) is 9.84 Å². The smallest absolute Gasteiger partial charge is 0.323 e. The highest BCUT2D eigenvalue weighted by atomic mass is 16.5. The average molecular weight is 274 g/mol. The molecule has 0 heterocycles. The first-order valence-corrected chi connectivity index (χ1v) is 7.04. The number of unbranched alkanes of at least 4 members (excludes halogenated alkanes) is 1. The topological polar surface area (TPSA) is 61.8 Å². The summed E-state index contributed by atoms with van der Waals surface area (Å²) in [6.45, 7) is 8.43. The van der Waals surface area contributed by atoms with E-state index < -0.39 is 11.5 Å². The quantitative estimate of drug-likeness (QED) is 0.560. The van der Waals surface area contributed by atoms with Crippen LogP contribution in [0.15, 0.2) is 0 Å². The van der Waals surface area contributed by atoms with E-state index in [1.54, 1.807) is 14.0 Å². The van der Waals surface area contributed by atoms with Crippen molar-refractivity contribution >= 4 is 5.97 Å². The van der Waals surface area contributed by atoms with E-state index in [0.717, 1.165) is 32.5 Å². The van der Waals surface area contributed by atoms with Gasteiger partial charge in [0.2, 0.25) is 0 Å². The van der Waals surface area contributed by atoms with Gasteiger partial charge in [0.05, 0.1) is 12.7 Å². The van der Waals surface area contributed by atoms with Crippen LogP contribution in [0.5, 0.6) is 0 Å². The van der Waals surface area contributed by atoms with Gasteiger partial charge in [-0.2, -0.15) is 0 Å². The Morgan fingerprint density at radius 2 is 2.00 bits per heavy atom. The van der Waals surface area contributed by atoms with Crippen molar-refractivity contribution in [3.63, 3.8) is 0 Å². The number of hydrogen-bond acceptors (Lipinski definition) is 4. The predicted octanol–water partition coefficient (Wildman–Crippen LogP) is 1.58. The van der Waals surface area contributed by atoms with Crippen molar-refractivity contribution in [2.24, 2.45) is 0 Å². The number of ether oxygens (including phenoxy) is 1. The lowest BCUT2D eigenvalue weighted by atomic mass is 9.95. The lowest BCUT2D eigenvalue weighted by Gasteiger charge is -2.24. The molecule has 0 fully saturated rings. The molecule has 0 bridgehead atoms. The van der Waals surface area contributed by atoms with Crippen molar-refractivity contribution in [2.75, 3.05) is 33.8 Å². The van der Waals surface area contributed by atoms with E-state index in [2.05, 4.69) is 17.3 Å². The molecule has 0 aliphatic rings. The molecule has 0 aromatic carbocycles. The number of hydrogen-bond donors (Lipinski definition) is 2. The zero-order valence-electron chi connectivity index (χ0n) is 13.0. The highest BCUT2D eigenvalue weighted by molar-refractivity contribution is 5.78. The molecule has 0 aromatic rings. The van der Waals surface area contributed by atoms with E-state index in [1.165, 1.54) is 0 Å². The maximum absolute atomic E-state index is 11.1. The van der Waals surface area contributed by atoms with Gasteiger partial charge in [0.15, 0.2) is 0 Å². The van der Waals surface area contributed by atoms with Crippen LogP contribution in [0, 0.1) is 0 Å². The maximum atomic E-state index is 11.1. The molecule has 0 radical (unpaired) electrons. The minimum Gasteiger partial charge on any atom is -0.480 e. The van der Waals surface area contributed by atoms with Gasteiger partial charge in [-0.25, -0.2) is 0 Å². The third-order valence-electron chi connectivity index (χ3n) is 3.41. The second-order valence-corrected chi connectivity index (χ2v) is 5.57. The van der Waals surface area contributed by atoms with Crippen LogP contribution in [-0.4, -0.2) is 61.4 Å². The predicted molar refractivity (Wildman–Crippen MR) is 77.5 cm³/mol. The van der Waals surface area contributed by atoms with Gasteiger partial charge >= 0.3 is 5.97 Å². The molecule has 0 spiro atoms. The molecule has 5 nitrogen and oxygen atoms in total. The molecular formula is C14H30N2O3. The lowest BCUT2D eigenvalue weighted by Crippen LogP contribution is -2.47. The van der Waals surface area contributed by atoms with Crippen LogP contribution in [0.3, 0.4) is 0 Å². The minimum atomic E-state index is -0.806. The average Bonchev–Trinajstić information content (AvgIpc) is 2.33. The van der Waals surface area contributed by atoms with Crippen LogP contribution in [0.1, 0.15) is 40.0 Å². The van der Waals surface area contributed by atoms with Crippen LogP contribution in [0.4, 0.5) is 0 Å². The number of carboxylic acids is 1. The van der Waals surface area contributed by atoms with E-state index >= 15 is 0 Å². The van der Waals surface area contributed by atoms with Crippen LogP contribution >= 0.6 is 0 Å². The summed E-state index contributed by atoms with van der Waals surface area (Å²) in [7, 11) is 3.77. The van der Waals surface area contributed by atoms with Gasteiger partial charge in [0, 0.05) is 6.54 Å². The van der Waals surface area contributed by atoms with Crippen LogP contribution in [0.25, 0.3) is 0 Å². The van der Waals surface area contributed by atoms with Gasteiger partial charge in [-0.05, 0) is 60.7 Å². The zero-order valence-corrected chi connectivity index (χ0v) is 13.0. The highest BCUT2D eigenvalue weighted by Crippen LogP contribution is 2.13. The van der Waals surface area contributed by atoms with Crippen molar-refractivity contribution in [3.8, 4) is 0 Å². The molecule has 19 heavy (non-hydrogen) atoms. The van der Waals surface area contributed by atoms with Crippen LogP contribution < -0.4 is 5.32 Å². The van der Waals surface area contributed by atoms with Crippen LogP contribution in [0.2, 0.25) is 0 Å². The maximum Gasteiger partial charge on any atom is 0.323 e. The molecule has 0 aliphatic carbocycles. The van der Waals surface area contributed by atoms with Gasteiger partial charge in [-0.3, -0.25) is 4.79 Å². The number of nitrogens with one attached hydrogen (secondary N) is 1. The third kappa shape index (κ3) is 8.18. The largest absolute Gasteiger partial charge is 0.480 e. The number of carboxylic acid groups (broad SMARTS) is 1. The van der Waals surface area contributed by atoms with Crippen molar-refractivity contribution in [2.45, 2.75) is 51.7 Å². The second-order valence-electron chi connectivity index (χ2n) is 5.57. The molecular weight excluding hydrogens is 244 g/mol. The molecule has 1 atom stereocenters. The summed E-state index contributed by atoms with van der Waals surface area (Å²) in [6.07, 6.45) is 2.83. The molecule has 114 valence electrons. The summed E-state index contributed by atoms with van der Waals surface area (Å²) < 4.78 is 5.49. The van der Waals surface area contributed by atoms with Crippen LogP contribution in [-0.2, 0) is 9.53 Å². The summed E-state index contributed by atoms with van der Waals surface area (Å²) in [5.74, 6) is -0.784. The van der Waals surface area contributed by atoms with Crippen molar-refractivity contribution in [1.82, 2.24) is 10.2 Å². The molecule has 0 saturated carbocycles. The Bertz CT molecular complexity index is 259. The molecule has 0 amide bonds. The Hall–Kier alpha value is -0.650.